The van der Waals surface area contributed by atoms with Gasteiger partial charge < -0.3 is 14.8 Å². The highest BCUT2D eigenvalue weighted by atomic mass is 79.9. The average molecular weight is 382 g/mol. The van der Waals surface area contributed by atoms with Crippen LogP contribution in [-0.2, 0) is 13.1 Å². The Balaban J connectivity index is 2.16. The molecule has 0 saturated carbocycles. The number of rotatable bonds is 9. The number of allylic oxidation sites excluding steroid dienone is 1. The molecule has 1 aromatic heterocycles. The molecule has 1 aromatic carbocycles. The summed E-state index contributed by atoms with van der Waals surface area (Å²) in [6.45, 7) is 9.82. The van der Waals surface area contributed by atoms with Gasteiger partial charge in [-0.25, -0.2) is 4.68 Å². The first-order valence-electron chi connectivity index (χ1n) is 7.38. The van der Waals surface area contributed by atoms with Gasteiger partial charge in [-0.1, -0.05) is 11.2 Å². The second kappa shape index (κ2) is 8.52. The summed E-state index contributed by atoms with van der Waals surface area (Å²) in [7, 11) is 0. The van der Waals surface area contributed by atoms with Crippen molar-refractivity contribution in [3.05, 3.63) is 34.8 Å². The molecule has 2 rings (SSSR count). The van der Waals surface area contributed by atoms with Gasteiger partial charge in [0.25, 0.3) is 0 Å². The van der Waals surface area contributed by atoms with E-state index in [1.807, 2.05) is 26.0 Å². The zero-order valence-corrected chi connectivity index (χ0v) is 14.8. The third-order valence-electron chi connectivity index (χ3n) is 2.94. The van der Waals surface area contributed by atoms with Crippen LogP contribution in [0.4, 0.5) is 5.95 Å². The van der Waals surface area contributed by atoms with E-state index < -0.39 is 0 Å². The van der Waals surface area contributed by atoms with E-state index in [0.717, 1.165) is 15.8 Å². The molecule has 1 N–H and O–H groups in total. The highest BCUT2D eigenvalue weighted by Gasteiger charge is 2.12. The standard InChI is InChI=1S/C15H20BrN5O2/c1-4-7-21-15(18-19-20-21)17-10-11-8-12(16)14(23-6-3)13(9-11)22-5-2/h4,8-9H,1,5-7,10H2,2-3H3,(H,17,18,20). The summed E-state index contributed by atoms with van der Waals surface area (Å²) in [4.78, 5) is 0. The average Bonchev–Trinajstić information content (AvgIpc) is 2.97. The topological polar surface area (TPSA) is 74.1 Å². The van der Waals surface area contributed by atoms with Gasteiger partial charge in [0.15, 0.2) is 11.5 Å². The first-order valence-corrected chi connectivity index (χ1v) is 8.17. The number of nitrogens with one attached hydrogen (secondary N) is 1. The van der Waals surface area contributed by atoms with E-state index in [0.29, 0.717) is 38.0 Å². The van der Waals surface area contributed by atoms with Crippen molar-refractivity contribution in [1.29, 1.82) is 0 Å². The van der Waals surface area contributed by atoms with E-state index in [4.69, 9.17) is 9.47 Å². The van der Waals surface area contributed by atoms with Gasteiger partial charge in [0, 0.05) is 6.54 Å². The lowest BCUT2D eigenvalue weighted by Gasteiger charge is -2.15. The van der Waals surface area contributed by atoms with Gasteiger partial charge in [-0.15, -0.1) is 6.58 Å². The molecule has 0 atom stereocenters. The summed E-state index contributed by atoms with van der Waals surface area (Å²) < 4.78 is 13.8. The van der Waals surface area contributed by atoms with Crippen molar-refractivity contribution in [2.45, 2.75) is 26.9 Å². The van der Waals surface area contributed by atoms with Crippen LogP contribution >= 0.6 is 15.9 Å². The zero-order chi connectivity index (χ0) is 16.7. The number of ether oxygens (including phenoxy) is 2. The maximum absolute atomic E-state index is 5.67. The summed E-state index contributed by atoms with van der Waals surface area (Å²) in [5, 5.41) is 14.7. The van der Waals surface area contributed by atoms with Crippen molar-refractivity contribution in [3.8, 4) is 11.5 Å². The molecule has 0 amide bonds. The zero-order valence-electron chi connectivity index (χ0n) is 13.3. The van der Waals surface area contributed by atoms with Crippen molar-refractivity contribution < 1.29 is 9.47 Å². The molecule has 0 unspecified atom stereocenters. The minimum atomic E-state index is 0.548. The maximum Gasteiger partial charge on any atom is 0.243 e. The maximum atomic E-state index is 5.67. The Hall–Kier alpha value is -2.09. The number of nitrogens with zero attached hydrogens (tertiary/aromatic N) is 4. The third kappa shape index (κ3) is 4.44. The van der Waals surface area contributed by atoms with Crippen molar-refractivity contribution in [2.24, 2.45) is 0 Å². The number of tetrazole rings is 1. The van der Waals surface area contributed by atoms with Crippen LogP contribution in [-0.4, -0.2) is 33.4 Å². The number of hydrogen-bond donors (Lipinski definition) is 1. The first-order chi connectivity index (χ1) is 11.2. The van der Waals surface area contributed by atoms with Crippen LogP contribution in [0, 0.1) is 0 Å². The molecule has 0 aliphatic carbocycles. The monoisotopic (exact) mass is 381 g/mol. The Bertz CT molecular complexity index is 659. The third-order valence-corrected chi connectivity index (χ3v) is 3.53. The van der Waals surface area contributed by atoms with Crippen molar-refractivity contribution in [1.82, 2.24) is 20.2 Å². The van der Waals surface area contributed by atoms with Crippen LogP contribution in [0.2, 0.25) is 0 Å². The minimum absolute atomic E-state index is 0.548. The van der Waals surface area contributed by atoms with Crippen LogP contribution in [0.5, 0.6) is 11.5 Å². The van der Waals surface area contributed by atoms with E-state index in [9.17, 15) is 0 Å². The lowest BCUT2D eigenvalue weighted by molar-refractivity contribution is 0.286. The molecular weight excluding hydrogens is 362 g/mol. The van der Waals surface area contributed by atoms with Crippen molar-refractivity contribution >= 4 is 21.9 Å². The fraction of sp³-hybridized carbons (Fsp3) is 0.400. The summed E-state index contributed by atoms with van der Waals surface area (Å²) in [6.07, 6.45) is 1.74. The summed E-state index contributed by atoms with van der Waals surface area (Å²) >= 11 is 3.54. The Morgan fingerprint density at radius 2 is 2.09 bits per heavy atom. The number of aromatic nitrogens is 4. The molecule has 0 fully saturated rings. The minimum Gasteiger partial charge on any atom is -0.490 e. The predicted octanol–water partition coefficient (Wildman–Crippen LogP) is 3.03. The molecule has 23 heavy (non-hydrogen) atoms. The van der Waals surface area contributed by atoms with Crippen molar-refractivity contribution in [2.75, 3.05) is 18.5 Å². The summed E-state index contributed by atoms with van der Waals surface area (Å²) in [5.74, 6) is 2.02. The normalized spacial score (nSPS) is 10.4. The predicted molar refractivity (Wildman–Crippen MR) is 91.8 cm³/mol. The van der Waals surface area contributed by atoms with E-state index >= 15 is 0 Å². The van der Waals surface area contributed by atoms with Crippen LogP contribution in [0.1, 0.15) is 19.4 Å². The molecule has 0 radical (unpaired) electrons. The van der Waals surface area contributed by atoms with E-state index in [1.54, 1.807) is 10.8 Å². The van der Waals surface area contributed by atoms with Crippen LogP contribution < -0.4 is 14.8 Å². The fourth-order valence-corrected chi connectivity index (χ4v) is 2.63. The molecule has 0 saturated heterocycles. The van der Waals surface area contributed by atoms with Gasteiger partial charge in [0.1, 0.15) is 0 Å². The van der Waals surface area contributed by atoms with E-state index in [-0.39, 0.29) is 0 Å². The quantitative estimate of drug-likeness (QED) is 0.672. The SMILES string of the molecule is C=CCn1nnnc1NCc1cc(Br)c(OCC)c(OCC)c1. The molecule has 8 heteroatoms. The molecular formula is C15H20BrN5O2. The molecule has 0 bridgehead atoms. The Morgan fingerprint density at radius 3 is 2.78 bits per heavy atom. The number of benzene rings is 1. The smallest absolute Gasteiger partial charge is 0.243 e. The Labute approximate surface area is 143 Å². The molecule has 0 spiro atoms. The Kier molecular flexibility index (Phi) is 6.40. The van der Waals surface area contributed by atoms with Gasteiger partial charge in [0.05, 0.1) is 24.2 Å². The highest BCUT2D eigenvalue weighted by Crippen LogP contribution is 2.37. The number of hydrogen-bond acceptors (Lipinski definition) is 6. The fourth-order valence-electron chi connectivity index (χ4n) is 2.03. The molecule has 7 nitrogen and oxygen atoms in total. The van der Waals surface area contributed by atoms with Gasteiger partial charge in [-0.2, -0.15) is 0 Å². The second-order valence-corrected chi connectivity index (χ2v) is 5.45. The van der Waals surface area contributed by atoms with Gasteiger partial charge in [-0.3, -0.25) is 0 Å². The van der Waals surface area contributed by atoms with Crippen LogP contribution in [0.15, 0.2) is 29.3 Å². The highest BCUT2D eigenvalue weighted by molar-refractivity contribution is 9.10. The second-order valence-electron chi connectivity index (χ2n) is 4.60. The van der Waals surface area contributed by atoms with Crippen molar-refractivity contribution in [3.63, 3.8) is 0 Å². The summed E-state index contributed by atoms with van der Waals surface area (Å²) in [6, 6.07) is 3.94. The summed E-state index contributed by atoms with van der Waals surface area (Å²) in [5.41, 5.74) is 1.02. The molecule has 2 aromatic rings. The number of anilines is 1. The molecule has 0 aliphatic heterocycles. The van der Waals surface area contributed by atoms with Gasteiger partial charge >= 0.3 is 0 Å². The molecule has 1 heterocycles. The van der Waals surface area contributed by atoms with E-state index in [1.165, 1.54) is 0 Å². The van der Waals surface area contributed by atoms with Crippen LogP contribution in [0.3, 0.4) is 0 Å². The largest absolute Gasteiger partial charge is 0.490 e. The van der Waals surface area contributed by atoms with Gasteiger partial charge in [-0.05, 0) is 57.9 Å². The lowest BCUT2D eigenvalue weighted by atomic mass is 10.2. The molecule has 124 valence electrons. The number of halogens is 1. The Morgan fingerprint density at radius 1 is 1.30 bits per heavy atom. The van der Waals surface area contributed by atoms with Gasteiger partial charge in [0.2, 0.25) is 5.95 Å². The van der Waals surface area contributed by atoms with Crippen LogP contribution in [0.25, 0.3) is 0 Å². The lowest BCUT2D eigenvalue weighted by Crippen LogP contribution is -2.09. The molecule has 0 aliphatic rings. The van der Waals surface area contributed by atoms with E-state index in [2.05, 4.69) is 43.4 Å². The first kappa shape index (κ1) is 17.3.